The van der Waals surface area contributed by atoms with Crippen LogP contribution in [0.2, 0.25) is 0 Å². The summed E-state index contributed by atoms with van der Waals surface area (Å²) in [5, 5.41) is 0. The van der Waals surface area contributed by atoms with Gasteiger partial charge in [-0.05, 0) is 174 Å². The van der Waals surface area contributed by atoms with E-state index >= 15 is 0 Å². The molecule has 2 heterocycles. The highest BCUT2D eigenvalue weighted by Crippen LogP contribution is 2.58. The molecule has 0 bridgehead atoms. The second-order valence-corrected chi connectivity index (χ2v) is 23.9. The molecule has 3 aliphatic rings. The van der Waals surface area contributed by atoms with Crippen molar-refractivity contribution in [2.75, 3.05) is 14.6 Å². The Hall–Kier alpha value is -8.34. The molecule has 0 amide bonds. The van der Waals surface area contributed by atoms with Gasteiger partial charge in [-0.15, -0.1) is 0 Å². The van der Waals surface area contributed by atoms with E-state index in [1.165, 1.54) is 106 Å². The molecule has 370 valence electrons. The third kappa shape index (κ3) is 7.63. The Balaban J connectivity index is 1.13. The third-order valence-electron chi connectivity index (χ3n) is 16.6. The molecule has 4 heteroatoms. The fraction of sp³-hybridized carbons (Fsp3) is 0.167. The molecule has 0 saturated heterocycles. The van der Waals surface area contributed by atoms with Gasteiger partial charge in [-0.2, -0.15) is 0 Å². The molecule has 10 aromatic rings. The van der Waals surface area contributed by atoms with Crippen LogP contribution >= 0.6 is 0 Å². The maximum absolute atomic E-state index is 2.67. The van der Waals surface area contributed by atoms with Crippen LogP contribution in [0.5, 0.6) is 0 Å². The molecular formula is C72H64BN3. The summed E-state index contributed by atoms with van der Waals surface area (Å²) in [5.74, 6) is 0. The zero-order chi connectivity index (χ0) is 52.3. The normalized spacial score (nSPS) is 13.9. The topological polar surface area (TPSA) is 9.72 Å². The number of hydrogen-bond acceptors (Lipinski definition) is 3. The van der Waals surface area contributed by atoms with Crippen molar-refractivity contribution in [1.29, 1.82) is 0 Å². The molecule has 1 aliphatic carbocycles. The lowest BCUT2D eigenvalue weighted by Gasteiger charge is -2.48. The minimum atomic E-state index is -0.307. The predicted molar refractivity (Wildman–Crippen MR) is 325 cm³/mol. The van der Waals surface area contributed by atoms with Crippen LogP contribution < -0.4 is 25.5 Å². The van der Waals surface area contributed by atoms with Crippen molar-refractivity contribution in [1.82, 2.24) is 0 Å². The maximum atomic E-state index is 2.67. The van der Waals surface area contributed by atoms with Crippen LogP contribution in [0.1, 0.15) is 83.2 Å². The van der Waals surface area contributed by atoms with Crippen LogP contribution in [-0.2, 0) is 16.2 Å². The summed E-state index contributed by atoms with van der Waals surface area (Å²) >= 11 is 0. The van der Waals surface area contributed by atoms with E-state index in [0.717, 1.165) is 22.7 Å². The first-order valence-corrected chi connectivity index (χ1v) is 27.1. The van der Waals surface area contributed by atoms with E-state index in [-0.39, 0.29) is 23.1 Å². The van der Waals surface area contributed by atoms with Gasteiger partial charge in [0.1, 0.15) is 0 Å². The second-order valence-electron chi connectivity index (χ2n) is 23.9. The van der Waals surface area contributed by atoms with Crippen molar-refractivity contribution < 1.29 is 0 Å². The SMILES string of the molecule is Cc1cc(-c2ccccc2)ccc1N1c2ccc(N(c3ccc(C(C)(C)C)cc3)c3ccc(C(C)(C)C)cc3)cc2B2c3c(cc4c(c31)C(C)(C)c1ccccc1-4)-c1ccccc1N2c1cccc(-c2ccccc2)c1. The second kappa shape index (κ2) is 17.6. The number of nitrogens with zero attached hydrogens (tertiary/aromatic N) is 3. The van der Waals surface area contributed by atoms with Crippen LogP contribution in [-0.4, -0.2) is 6.85 Å². The number of fused-ring (bicyclic) bond motifs is 8. The van der Waals surface area contributed by atoms with Crippen LogP contribution in [0, 0.1) is 6.92 Å². The lowest BCUT2D eigenvalue weighted by molar-refractivity contribution is 0.590. The summed E-state index contributed by atoms with van der Waals surface area (Å²) in [6.07, 6.45) is 0. The van der Waals surface area contributed by atoms with Gasteiger partial charge in [0.15, 0.2) is 0 Å². The smallest absolute Gasteiger partial charge is 0.333 e. The largest absolute Gasteiger partial charge is 0.376 e. The number of hydrogen-bond donors (Lipinski definition) is 0. The van der Waals surface area contributed by atoms with E-state index in [2.05, 4.69) is 301 Å². The minimum Gasteiger partial charge on any atom is -0.376 e. The molecule has 3 nitrogen and oxygen atoms in total. The van der Waals surface area contributed by atoms with Crippen molar-refractivity contribution in [2.45, 2.75) is 78.6 Å². The molecule has 0 atom stereocenters. The van der Waals surface area contributed by atoms with E-state index in [9.17, 15) is 0 Å². The van der Waals surface area contributed by atoms with Gasteiger partial charge >= 0.3 is 6.85 Å². The molecule has 13 rings (SSSR count). The average Bonchev–Trinajstić information content (AvgIpc) is 3.75. The Morgan fingerprint density at radius 1 is 0.421 bits per heavy atom. The molecule has 0 spiro atoms. The molecule has 10 aromatic carbocycles. The number of anilines is 8. The summed E-state index contributed by atoms with van der Waals surface area (Å²) in [4.78, 5) is 7.80. The fourth-order valence-corrected chi connectivity index (χ4v) is 12.7. The molecule has 76 heavy (non-hydrogen) atoms. The van der Waals surface area contributed by atoms with E-state index in [4.69, 9.17) is 0 Å². The van der Waals surface area contributed by atoms with Crippen molar-refractivity contribution >= 4 is 63.3 Å². The van der Waals surface area contributed by atoms with Crippen LogP contribution in [0.25, 0.3) is 44.5 Å². The van der Waals surface area contributed by atoms with Gasteiger partial charge in [-0.1, -0.05) is 201 Å². The monoisotopic (exact) mass is 982 g/mol. The molecule has 0 N–H and O–H groups in total. The van der Waals surface area contributed by atoms with Crippen molar-refractivity contribution in [3.63, 3.8) is 0 Å². The fourth-order valence-electron chi connectivity index (χ4n) is 12.7. The Morgan fingerprint density at radius 2 is 0.961 bits per heavy atom. The average molecular weight is 982 g/mol. The quantitative estimate of drug-likeness (QED) is 0.147. The van der Waals surface area contributed by atoms with Crippen molar-refractivity contribution in [2.24, 2.45) is 0 Å². The molecular weight excluding hydrogens is 918 g/mol. The third-order valence-corrected chi connectivity index (χ3v) is 16.6. The van der Waals surface area contributed by atoms with Crippen molar-refractivity contribution in [3.8, 4) is 44.5 Å². The highest BCUT2D eigenvalue weighted by atomic mass is 15.2. The first kappa shape index (κ1) is 47.4. The number of para-hydroxylation sites is 1. The van der Waals surface area contributed by atoms with Gasteiger partial charge in [0.2, 0.25) is 0 Å². The number of benzene rings is 10. The first-order chi connectivity index (χ1) is 36.6. The van der Waals surface area contributed by atoms with Crippen LogP contribution in [0.15, 0.2) is 224 Å². The van der Waals surface area contributed by atoms with Gasteiger partial charge in [0.25, 0.3) is 0 Å². The minimum absolute atomic E-state index is 0.0180. The van der Waals surface area contributed by atoms with Crippen molar-refractivity contribution in [3.05, 3.63) is 252 Å². The zero-order valence-corrected chi connectivity index (χ0v) is 45.3. The van der Waals surface area contributed by atoms with E-state index in [1.807, 2.05) is 0 Å². The van der Waals surface area contributed by atoms with Gasteiger partial charge in [-0.3, -0.25) is 0 Å². The van der Waals surface area contributed by atoms with E-state index in [1.54, 1.807) is 0 Å². The highest BCUT2D eigenvalue weighted by Gasteiger charge is 2.50. The van der Waals surface area contributed by atoms with Gasteiger partial charge in [0, 0.05) is 56.5 Å². The number of aryl methyl sites for hydroxylation is 1. The summed E-state index contributed by atoms with van der Waals surface area (Å²) in [6, 6.07) is 84.7. The number of rotatable bonds is 7. The molecule has 0 unspecified atom stereocenters. The predicted octanol–water partition coefficient (Wildman–Crippen LogP) is 18.4. The van der Waals surface area contributed by atoms with Gasteiger partial charge in [0.05, 0.1) is 0 Å². The van der Waals surface area contributed by atoms with E-state index in [0.29, 0.717) is 0 Å². The zero-order valence-electron chi connectivity index (χ0n) is 45.3. The molecule has 0 saturated carbocycles. The Labute approximate surface area is 450 Å². The van der Waals surface area contributed by atoms with Crippen LogP contribution in [0.4, 0.5) is 45.5 Å². The summed E-state index contributed by atoms with van der Waals surface area (Å²) in [5.41, 5.74) is 28.2. The van der Waals surface area contributed by atoms with Crippen LogP contribution in [0.3, 0.4) is 0 Å². The highest BCUT2D eigenvalue weighted by molar-refractivity contribution is 6.93. The van der Waals surface area contributed by atoms with E-state index < -0.39 is 0 Å². The van der Waals surface area contributed by atoms with Gasteiger partial charge < -0.3 is 14.6 Å². The lowest BCUT2D eigenvalue weighted by atomic mass is 9.42. The summed E-state index contributed by atoms with van der Waals surface area (Å²) in [7, 11) is 0. The molecule has 2 aliphatic heterocycles. The Kier molecular flexibility index (Phi) is 11.0. The first-order valence-electron chi connectivity index (χ1n) is 27.1. The molecule has 0 aromatic heterocycles. The Bertz CT molecular complexity index is 3820. The Morgan fingerprint density at radius 3 is 1.58 bits per heavy atom. The van der Waals surface area contributed by atoms with Gasteiger partial charge in [-0.25, -0.2) is 0 Å². The maximum Gasteiger partial charge on any atom is 0.333 e. The summed E-state index contributed by atoms with van der Waals surface area (Å²) < 4.78 is 0. The lowest BCUT2D eigenvalue weighted by Crippen LogP contribution is -2.62. The molecule has 0 fully saturated rings. The molecule has 0 radical (unpaired) electrons. The standard InChI is InChI=1S/C72H64BN3/c1-47-43-51(49-23-14-11-15-24-49)31-41-64(47)75-66-42-40-56(74(54-36-32-52(33-37-54)70(2,3)4)55-38-34-53(35-39-55)71(5,6)7)45-63(66)73-68-61(46-60-58-27-16-18-29-62(58)72(8,9)67(60)69(68)75)59-28-17-19-30-65(59)76(73)57-26-20-25-50(44-57)48-21-12-10-13-22-48/h10-46H,1-9H3. The summed E-state index contributed by atoms with van der Waals surface area (Å²) in [6.45, 7) is 20.8.